The maximum atomic E-state index is 14.6. The Morgan fingerprint density at radius 2 is 2.12 bits per heavy atom. The van der Waals surface area contributed by atoms with E-state index in [2.05, 4.69) is 4.98 Å². The number of hydrogen-bond acceptors (Lipinski definition) is 4. The molecule has 2 N–H and O–H groups in total. The normalized spacial score (nSPS) is 15.5. The summed E-state index contributed by atoms with van der Waals surface area (Å²) >= 11 is 0. The van der Waals surface area contributed by atoms with Gasteiger partial charge in [0.25, 0.3) is 0 Å². The van der Waals surface area contributed by atoms with Crippen LogP contribution in [-0.4, -0.2) is 52.7 Å². The van der Waals surface area contributed by atoms with Gasteiger partial charge in [0.2, 0.25) is 0 Å². The molecule has 0 bridgehead atoms. The predicted octanol–water partition coefficient (Wildman–Crippen LogP) is 1.58. The first-order valence-corrected chi connectivity index (χ1v) is 7.78. The van der Waals surface area contributed by atoms with Crippen molar-refractivity contribution in [3.8, 4) is 5.69 Å². The number of halogens is 1. The maximum Gasteiger partial charge on any atom is 0.338 e. The molecular weight excluding hydrogens is 311 g/mol. The highest BCUT2D eigenvalue weighted by atomic mass is 19.1. The van der Waals surface area contributed by atoms with Crippen molar-refractivity contribution in [1.82, 2.24) is 19.5 Å². The predicted molar refractivity (Wildman–Crippen MR) is 89.2 cm³/mol. The van der Waals surface area contributed by atoms with Gasteiger partial charge in [0.15, 0.2) is 0 Å². The minimum absolute atomic E-state index is 0.244. The number of benzene rings is 1. The summed E-state index contributed by atoms with van der Waals surface area (Å²) < 4.78 is 16.5. The first-order chi connectivity index (χ1) is 11.5. The first-order valence-electron chi connectivity index (χ1n) is 7.78. The van der Waals surface area contributed by atoms with Gasteiger partial charge in [-0.15, -0.1) is 0 Å². The van der Waals surface area contributed by atoms with Crippen molar-refractivity contribution >= 4 is 11.7 Å². The molecule has 0 radical (unpaired) electrons. The summed E-state index contributed by atoms with van der Waals surface area (Å²) in [6.45, 7) is 1.58. The zero-order valence-electron chi connectivity index (χ0n) is 13.8. The molecular formula is C16H21FN6O. The smallest absolute Gasteiger partial charge is 0.303 e. The summed E-state index contributed by atoms with van der Waals surface area (Å²) in [6.07, 6.45) is 4.18. The number of nitrogens with zero attached hydrogens (tertiary/aromatic N) is 5. The molecule has 7 nitrogen and oxygen atoms in total. The molecule has 2 heterocycles. The van der Waals surface area contributed by atoms with Crippen molar-refractivity contribution in [3.63, 3.8) is 0 Å². The summed E-state index contributed by atoms with van der Waals surface area (Å²) in [7, 11) is 3.90. The summed E-state index contributed by atoms with van der Waals surface area (Å²) in [4.78, 5) is 19.8. The van der Waals surface area contributed by atoms with E-state index in [1.165, 1.54) is 11.0 Å². The van der Waals surface area contributed by atoms with E-state index in [-0.39, 0.29) is 11.7 Å². The van der Waals surface area contributed by atoms with E-state index in [1.807, 2.05) is 23.6 Å². The molecule has 1 aromatic heterocycles. The lowest BCUT2D eigenvalue weighted by molar-refractivity contribution is 0.196. The number of imidazole rings is 1. The van der Waals surface area contributed by atoms with Gasteiger partial charge in [0.1, 0.15) is 11.6 Å². The second-order valence-electron chi connectivity index (χ2n) is 6.07. The van der Waals surface area contributed by atoms with Crippen molar-refractivity contribution in [2.45, 2.75) is 13.0 Å². The Labute approximate surface area is 140 Å². The van der Waals surface area contributed by atoms with Gasteiger partial charge in [0, 0.05) is 37.2 Å². The van der Waals surface area contributed by atoms with E-state index in [4.69, 9.17) is 5.84 Å². The minimum Gasteiger partial charge on any atom is -0.303 e. The van der Waals surface area contributed by atoms with Crippen LogP contribution in [0.5, 0.6) is 0 Å². The van der Waals surface area contributed by atoms with Crippen molar-refractivity contribution in [2.75, 3.05) is 32.1 Å². The van der Waals surface area contributed by atoms with Crippen LogP contribution in [0.3, 0.4) is 0 Å². The summed E-state index contributed by atoms with van der Waals surface area (Å²) in [5.74, 6) is 5.99. The van der Waals surface area contributed by atoms with Crippen molar-refractivity contribution in [2.24, 2.45) is 5.84 Å². The average Bonchev–Trinajstić information content (AvgIpc) is 2.98. The molecule has 2 aromatic rings. The van der Waals surface area contributed by atoms with E-state index in [0.717, 1.165) is 10.8 Å². The zero-order chi connectivity index (χ0) is 17.3. The maximum absolute atomic E-state index is 14.6. The number of nitrogens with two attached hydrogens (primary N) is 1. The minimum atomic E-state index is -0.458. The summed E-state index contributed by atoms with van der Waals surface area (Å²) in [5.41, 5.74) is 0.910. The van der Waals surface area contributed by atoms with Crippen LogP contribution >= 0.6 is 0 Å². The first kappa shape index (κ1) is 16.4. The fourth-order valence-corrected chi connectivity index (χ4v) is 2.80. The van der Waals surface area contributed by atoms with Gasteiger partial charge in [-0.2, -0.15) is 0 Å². The van der Waals surface area contributed by atoms with Crippen LogP contribution in [0.4, 0.5) is 14.9 Å². The van der Waals surface area contributed by atoms with Crippen LogP contribution in [0.25, 0.3) is 5.69 Å². The number of hydrazine groups is 1. The lowest BCUT2D eigenvalue weighted by atomic mass is 10.2. The molecule has 2 amide bonds. The molecule has 1 aromatic carbocycles. The molecule has 3 rings (SSSR count). The van der Waals surface area contributed by atoms with Crippen LogP contribution in [0.2, 0.25) is 0 Å². The molecule has 0 saturated carbocycles. The van der Waals surface area contributed by atoms with Crippen molar-refractivity contribution in [1.29, 1.82) is 0 Å². The highest BCUT2D eigenvalue weighted by Gasteiger charge is 2.26. The van der Waals surface area contributed by atoms with Gasteiger partial charge in [-0.1, -0.05) is 0 Å². The molecule has 1 aliphatic heterocycles. The number of carbonyl (C=O) groups excluding carboxylic acids is 1. The quantitative estimate of drug-likeness (QED) is 0.682. The number of carbonyl (C=O) groups is 1. The van der Waals surface area contributed by atoms with Gasteiger partial charge in [-0.25, -0.2) is 20.0 Å². The summed E-state index contributed by atoms with van der Waals surface area (Å²) in [5, 5.41) is 1.11. The Kier molecular flexibility index (Phi) is 4.50. The van der Waals surface area contributed by atoms with Crippen LogP contribution in [-0.2, 0) is 6.54 Å². The zero-order valence-corrected chi connectivity index (χ0v) is 13.8. The van der Waals surface area contributed by atoms with E-state index >= 15 is 0 Å². The van der Waals surface area contributed by atoms with E-state index in [9.17, 15) is 9.18 Å². The van der Waals surface area contributed by atoms with Gasteiger partial charge in [0.05, 0.1) is 12.2 Å². The number of aromatic nitrogens is 2. The molecule has 0 unspecified atom stereocenters. The van der Waals surface area contributed by atoms with Gasteiger partial charge >= 0.3 is 6.03 Å². The van der Waals surface area contributed by atoms with Crippen LogP contribution < -0.4 is 10.7 Å². The third-order valence-corrected chi connectivity index (χ3v) is 3.93. The lowest BCUT2D eigenvalue weighted by Gasteiger charge is -2.32. The fourth-order valence-electron chi connectivity index (χ4n) is 2.80. The number of rotatable bonds is 4. The van der Waals surface area contributed by atoms with Gasteiger partial charge < -0.3 is 9.47 Å². The van der Waals surface area contributed by atoms with E-state index < -0.39 is 5.82 Å². The standard InChI is InChI=1S/C16H21FN6O/c1-20(2)11-15-19-6-9-21(15)12-4-5-14(13(17)10-12)22-7-3-8-23(18)16(22)24/h4-6,9-10H,3,7-8,11,18H2,1-2H3. The number of hydrogen-bond donors (Lipinski definition) is 1. The number of amides is 2. The Morgan fingerprint density at radius 1 is 1.33 bits per heavy atom. The average molecular weight is 332 g/mol. The van der Waals surface area contributed by atoms with E-state index in [1.54, 1.807) is 24.5 Å². The molecule has 0 aliphatic carbocycles. The summed E-state index contributed by atoms with van der Waals surface area (Å²) in [6, 6.07) is 4.42. The Morgan fingerprint density at radius 3 is 2.83 bits per heavy atom. The Hall–Kier alpha value is -2.45. The van der Waals surface area contributed by atoms with Gasteiger partial charge in [-0.05, 0) is 32.6 Å². The van der Waals surface area contributed by atoms with E-state index in [0.29, 0.717) is 31.7 Å². The molecule has 1 aliphatic rings. The largest absolute Gasteiger partial charge is 0.338 e. The highest BCUT2D eigenvalue weighted by Crippen LogP contribution is 2.25. The second-order valence-corrected chi connectivity index (χ2v) is 6.07. The number of urea groups is 1. The second kappa shape index (κ2) is 6.58. The Bertz CT molecular complexity index is 744. The Balaban J connectivity index is 1.91. The fraction of sp³-hybridized carbons (Fsp3) is 0.375. The highest BCUT2D eigenvalue weighted by molar-refractivity contribution is 5.92. The van der Waals surface area contributed by atoms with Crippen LogP contribution in [0, 0.1) is 5.82 Å². The van der Waals surface area contributed by atoms with Crippen LogP contribution in [0.1, 0.15) is 12.2 Å². The van der Waals surface area contributed by atoms with Crippen LogP contribution in [0.15, 0.2) is 30.6 Å². The molecule has 8 heteroatoms. The molecule has 1 saturated heterocycles. The van der Waals surface area contributed by atoms with Crippen molar-refractivity contribution in [3.05, 3.63) is 42.2 Å². The third kappa shape index (κ3) is 3.10. The topological polar surface area (TPSA) is 70.6 Å². The molecule has 0 atom stereocenters. The molecule has 24 heavy (non-hydrogen) atoms. The molecule has 128 valence electrons. The van der Waals surface area contributed by atoms with Crippen molar-refractivity contribution < 1.29 is 9.18 Å². The lowest BCUT2D eigenvalue weighted by Crippen LogP contribution is -2.52. The number of anilines is 1. The monoisotopic (exact) mass is 332 g/mol. The third-order valence-electron chi connectivity index (χ3n) is 3.93. The molecule has 1 fully saturated rings. The SMILES string of the molecule is CN(C)Cc1nccn1-c1ccc(N2CCCN(N)C2=O)c(F)c1. The molecule has 0 spiro atoms. The van der Waals surface area contributed by atoms with Gasteiger partial charge in [-0.3, -0.25) is 9.91 Å².